The molecule has 2 heterocycles. The van der Waals surface area contributed by atoms with Crippen molar-refractivity contribution in [2.75, 3.05) is 26.8 Å². The van der Waals surface area contributed by atoms with E-state index in [9.17, 15) is 0 Å². The molecule has 3 heteroatoms. The molecule has 2 aliphatic heterocycles. The Balaban J connectivity index is 1.88. The fourth-order valence-corrected chi connectivity index (χ4v) is 3.26. The summed E-state index contributed by atoms with van der Waals surface area (Å²) >= 11 is 0. The van der Waals surface area contributed by atoms with Crippen molar-refractivity contribution in [2.45, 2.75) is 51.2 Å². The molecule has 0 radical (unpaired) electrons. The molecule has 3 nitrogen and oxygen atoms in total. The van der Waals surface area contributed by atoms with Gasteiger partial charge < -0.3 is 10.1 Å². The molecule has 0 aromatic heterocycles. The second-order valence-electron chi connectivity index (χ2n) is 5.46. The number of rotatable bonds is 3. The van der Waals surface area contributed by atoms with Gasteiger partial charge in [-0.3, -0.25) is 4.90 Å². The highest BCUT2D eigenvalue weighted by Crippen LogP contribution is 2.26. The number of piperidine rings is 1. The van der Waals surface area contributed by atoms with E-state index in [1.54, 1.807) is 0 Å². The molecule has 0 saturated carbocycles. The molecular weight excluding hydrogens is 200 g/mol. The van der Waals surface area contributed by atoms with E-state index in [2.05, 4.69) is 31.1 Å². The zero-order chi connectivity index (χ0) is 11.5. The van der Waals surface area contributed by atoms with Crippen LogP contribution in [0.3, 0.4) is 0 Å². The summed E-state index contributed by atoms with van der Waals surface area (Å²) in [7, 11) is 2.08. The molecule has 2 rings (SSSR count). The largest absolute Gasteiger partial charge is 0.381 e. The highest BCUT2D eigenvalue weighted by Gasteiger charge is 2.33. The standard InChI is InChI=1S/C13H26N2O/c1-10-8-13(14-3)4-6-15(10)11(2)12-5-7-16-9-12/h10-14H,4-9H2,1-3H3. The van der Waals surface area contributed by atoms with Gasteiger partial charge in [0.15, 0.2) is 0 Å². The lowest BCUT2D eigenvalue weighted by atomic mass is 9.92. The maximum absolute atomic E-state index is 5.51. The Kier molecular flexibility index (Phi) is 4.22. The minimum Gasteiger partial charge on any atom is -0.381 e. The first kappa shape index (κ1) is 12.3. The Morgan fingerprint density at radius 1 is 1.38 bits per heavy atom. The second kappa shape index (κ2) is 5.48. The molecule has 0 aliphatic carbocycles. The predicted molar refractivity (Wildman–Crippen MR) is 66.6 cm³/mol. The quantitative estimate of drug-likeness (QED) is 0.789. The second-order valence-corrected chi connectivity index (χ2v) is 5.46. The summed E-state index contributed by atoms with van der Waals surface area (Å²) in [6, 6.07) is 2.12. The van der Waals surface area contributed by atoms with E-state index < -0.39 is 0 Å². The molecule has 0 spiro atoms. The van der Waals surface area contributed by atoms with Crippen molar-refractivity contribution in [3.63, 3.8) is 0 Å². The fraction of sp³-hybridized carbons (Fsp3) is 1.00. The van der Waals surface area contributed by atoms with Crippen LogP contribution in [0.1, 0.15) is 33.1 Å². The van der Waals surface area contributed by atoms with Gasteiger partial charge in [0.2, 0.25) is 0 Å². The van der Waals surface area contributed by atoms with Gasteiger partial charge in [-0.15, -0.1) is 0 Å². The Morgan fingerprint density at radius 3 is 2.75 bits per heavy atom. The SMILES string of the molecule is CNC1CCN(C(C)C2CCOC2)C(C)C1. The number of hydrogen-bond donors (Lipinski definition) is 1. The van der Waals surface area contributed by atoms with Crippen molar-refractivity contribution in [2.24, 2.45) is 5.92 Å². The number of nitrogens with zero attached hydrogens (tertiary/aromatic N) is 1. The van der Waals surface area contributed by atoms with Gasteiger partial charge in [-0.05, 0) is 46.1 Å². The van der Waals surface area contributed by atoms with Gasteiger partial charge in [-0.2, -0.15) is 0 Å². The molecule has 4 atom stereocenters. The molecule has 4 unspecified atom stereocenters. The number of ether oxygens (including phenoxy) is 1. The predicted octanol–water partition coefficient (Wildman–Crippen LogP) is 1.48. The van der Waals surface area contributed by atoms with Crippen molar-refractivity contribution < 1.29 is 4.74 Å². The van der Waals surface area contributed by atoms with Gasteiger partial charge in [-0.1, -0.05) is 0 Å². The van der Waals surface area contributed by atoms with E-state index in [0.717, 1.165) is 25.2 Å². The highest BCUT2D eigenvalue weighted by atomic mass is 16.5. The molecule has 0 aromatic carbocycles. The van der Waals surface area contributed by atoms with Crippen LogP contribution in [0.5, 0.6) is 0 Å². The summed E-state index contributed by atoms with van der Waals surface area (Å²) in [5, 5.41) is 3.41. The highest BCUT2D eigenvalue weighted by molar-refractivity contribution is 4.88. The number of likely N-dealkylation sites (tertiary alicyclic amines) is 1. The maximum atomic E-state index is 5.51. The average molecular weight is 226 g/mol. The smallest absolute Gasteiger partial charge is 0.0509 e. The van der Waals surface area contributed by atoms with Crippen LogP contribution in [-0.2, 0) is 4.74 Å². The molecule has 2 saturated heterocycles. The fourth-order valence-electron chi connectivity index (χ4n) is 3.26. The molecular formula is C13H26N2O. The Bertz CT molecular complexity index is 216. The third-order valence-electron chi connectivity index (χ3n) is 4.51. The maximum Gasteiger partial charge on any atom is 0.0509 e. The van der Waals surface area contributed by atoms with E-state index >= 15 is 0 Å². The summed E-state index contributed by atoms with van der Waals surface area (Å²) in [5.41, 5.74) is 0. The van der Waals surface area contributed by atoms with Crippen LogP contribution in [0.15, 0.2) is 0 Å². The molecule has 0 aromatic rings. The average Bonchev–Trinajstić information content (AvgIpc) is 2.81. The first-order valence-electron chi connectivity index (χ1n) is 6.73. The lowest BCUT2D eigenvalue weighted by Gasteiger charge is -2.43. The van der Waals surface area contributed by atoms with Crippen LogP contribution in [0.25, 0.3) is 0 Å². The molecule has 2 aliphatic rings. The summed E-state index contributed by atoms with van der Waals surface area (Å²) in [6.07, 6.45) is 3.83. The van der Waals surface area contributed by atoms with Crippen LogP contribution in [-0.4, -0.2) is 49.8 Å². The van der Waals surface area contributed by atoms with Gasteiger partial charge >= 0.3 is 0 Å². The van der Waals surface area contributed by atoms with Crippen molar-refractivity contribution >= 4 is 0 Å². The van der Waals surface area contributed by atoms with Crippen molar-refractivity contribution in [3.05, 3.63) is 0 Å². The van der Waals surface area contributed by atoms with Gasteiger partial charge in [-0.25, -0.2) is 0 Å². The van der Waals surface area contributed by atoms with E-state index in [-0.39, 0.29) is 0 Å². The zero-order valence-corrected chi connectivity index (χ0v) is 10.9. The minimum atomic E-state index is 0.690. The Hall–Kier alpha value is -0.120. The molecule has 2 fully saturated rings. The van der Waals surface area contributed by atoms with E-state index in [0.29, 0.717) is 12.1 Å². The molecule has 0 amide bonds. The van der Waals surface area contributed by atoms with Crippen molar-refractivity contribution in [1.82, 2.24) is 10.2 Å². The Labute approximate surface area is 99.5 Å². The summed E-state index contributed by atoms with van der Waals surface area (Å²) in [5.74, 6) is 0.758. The first-order valence-corrected chi connectivity index (χ1v) is 6.73. The summed E-state index contributed by atoms with van der Waals surface area (Å²) in [6.45, 7) is 7.94. The normalized spacial score (nSPS) is 38.8. The minimum absolute atomic E-state index is 0.690. The van der Waals surface area contributed by atoms with Gasteiger partial charge in [0.05, 0.1) is 6.61 Å². The van der Waals surface area contributed by atoms with Crippen LogP contribution in [0, 0.1) is 5.92 Å². The molecule has 0 bridgehead atoms. The van der Waals surface area contributed by atoms with Crippen molar-refractivity contribution in [1.29, 1.82) is 0 Å². The van der Waals surface area contributed by atoms with Gasteiger partial charge in [0, 0.05) is 31.3 Å². The van der Waals surface area contributed by atoms with Crippen LogP contribution in [0.4, 0.5) is 0 Å². The third kappa shape index (κ3) is 2.58. The molecule has 94 valence electrons. The number of nitrogens with one attached hydrogen (secondary N) is 1. The molecule has 1 N–H and O–H groups in total. The van der Waals surface area contributed by atoms with Crippen molar-refractivity contribution in [3.8, 4) is 0 Å². The monoisotopic (exact) mass is 226 g/mol. The van der Waals surface area contributed by atoms with E-state index in [1.807, 2.05) is 0 Å². The van der Waals surface area contributed by atoms with E-state index in [4.69, 9.17) is 4.74 Å². The topological polar surface area (TPSA) is 24.5 Å². The van der Waals surface area contributed by atoms with Crippen LogP contribution < -0.4 is 5.32 Å². The van der Waals surface area contributed by atoms with Gasteiger partial charge in [0.25, 0.3) is 0 Å². The zero-order valence-electron chi connectivity index (χ0n) is 10.9. The third-order valence-corrected chi connectivity index (χ3v) is 4.51. The van der Waals surface area contributed by atoms with Gasteiger partial charge in [0.1, 0.15) is 0 Å². The summed E-state index contributed by atoms with van der Waals surface area (Å²) < 4.78 is 5.51. The lowest BCUT2D eigenvalue weighted by molar-refractivity contribution is 0.0612. The molecule has 16 heavy (non-hydrogen) atoms. The number of hydrogen-bond acceptors (Lipinski definition) is 3. The van der Waals surface area contributed by atoms with Crippen LogP contribution in [0.2, 0.25) is 0 Å². The van der Waals surface area contributed by atoms with Crippen LogP contribution >= 0.6 is 0 Å². The Morgan fingerprint density at radius 2 is 2.19 bits per heavy atom. The first-order chi connectivity index (χ1) is 7.72. The lowest BCUT2D eigenvalue weighted by Crippen LogP contribution is -2.52. The summed E-state index contributed by atoms with van der Waals surface area (Å²) in [4.78, 5) is 2.69. The van der Waals surface area contributed by atoms with E-state index in [1.165, 1.54) is 25.8 Å².